The number of anilines is 1. The molecule has 102 valence electrons. The predicted molar refractivity (Wildman–Crippen MR) is 61.7 cm³/mol. The minimum absolute atomic E-state index is 0.0365. The summed E-state index contributed by atoms with van der Waals surface area (Å²) < 4.78 is 31.7. The third kappa shape index (κ3) is 2.03. The summed E-state index contributed by atoms with van der Waals surface area (Å²) in [6.07, 6.45) is -3.21. The average molecular weight is 270 g/mol. The van der Waals surface area contributed by atoms with Crippen LogP contribution in [-0.2, 0) is 18.0 Å². The number of carbonyl (C=O) groups is 1. The van der Waals surface area contributed by atoms with Crippen molar-refractivity contribution in [3.63, 3.8) is 0 Å². The largest absolute Gasteiger partial charge is 0.478 e. The van der Waals surface area contributed by atoms with Crippen molar-refractivity contribution in [1.29, 1.82) is 0 Å². The van der Waals surface area contributed by atoms with Crippen LogP contribution in [0.4, 0.5) is 14.6 Å². The lowest BCUT2D eigenvalue weighted by Crippen LogP contribution is -2.24. The van der Waals surface area contributed by atoms with Crippen molar-refractivity contribution < 1.29 is 23.4 Å². The number of rotatable bonds is 2. The highest BCUT2D eigenvalue weighted by Crippen LogP contribution is 2.29. The van der Waals surface area contributed by atoms with E-state index in [9.17, 15) is 18.7 Å². The number of carboxylic acids is 1. The van der Waals surface area contributed by atoms with E-state index in [-0.39, 0.29) is 24.5 Å². The molecule has 0 amide bonds. The first-order valence-corrected chi connectivity index (χ1v) is 5.93. The molecule has 1 aromatic heterocycles. The van der Waals surface area contributed by atoms with Gasteiger partial charge in [-0.3, -0.25) is 0 Å². The van der Waals surface area contributed by atoms with Crippen LogP contribution >= 0.6 is 0 Å². The summed E-state index contributed by atoms with van der Waals surface area (Å²) in [5.74, 6) is -1.03. The molecule has 0 unspecified atom stereocenters. The molecule has 1 fully saturated rings. The Kier molecular flexibility index (Phi) is 2.85. The number of pyridine rings is 1. The normalized spacial score (nSPS) is 25.7. The number of halogens is 2. The average Bonchev–Trinajstić information content (AvgIpc) is 2.94. The number of hydrogen-bond acceptors (Lipinski definition) is 4. The molecule has 0 aliphatic carbocycles. The summed E-state index contributed by atoms with van der Waals surface area (Å²) in [5.41, 5.74) is 1.32. The van der Waals surface area contributed by atoms with E-state index in [1.165, 1.54) is 11.0 Å². The SMILES string of the molecule is O=C(O)c1cc2c(nc1N1C[C@H](F)[C@@H](F)C1)COC2. The Morgan fingerprint density at radius 2 is 2.05 bits per heavy atom. The Morgan fingerprint density at radius 1 is 1.37 bits per heavy atom. The summed E-state index contributed by atoms with van der Waals surface area (Å²) >= 11 is 0. The highest BCUT2D eigenvalue weighted by atomic mass is 19.2. The van der Waals surface area contributed by atoms with Gasteiger partial charge in [-0.2, -0.15) is 0 Å². The molecule has 2 atom stereocenters. The zero-order chi connectivity index (χ0) is 13.6. The van der Waals surface area contributed by atoms with Crippen molar-refractivity contribution in [2.45, 2.75) is 25.6 Å². The van der Waals surface area contributed by atoms with Crippen molar-refractivity contribution >= 4 is 11.8 Å². The van der Waals surface area contributed by atoms with Gasteiger partial charge in [0.15, 0.2) is 12.3 Å². The molecule has 3 rings (SSSR count). The zero-order valence-corrected chi connectivity index (χ0v) is 9.97. The second-order valence-corrected chi connectivity index (χ2v) is 4.70. The molecule has 3 heterocycles. The van der Waals surface area contributed by atoms with Crippen LogP contribution in [0.1, 0.15) is 21.6 Å². The summed E-state index contributed by atoms with van der Waals surface area (Å²) in [4.78, 5) is 16.8. The predicted octanol–water partition coefficient (Wildman–Crippen LogP) is 1.31. The molecule has 5 nitrogen and oxygen atoms in total. The minimum atomic E-state index is -1.60. The lowest BCUT2D eigenvalue weighted by atomic mass is 10.1. The van der Waals surface area contributed by atoms with Crippen LogP contribution in [0.3, 0.4) is 0 Å². The topological polar surface area (TPSA) is 62.7 Å². The monoisotopic (exact) mass is 270 g/mol. The van der Waals surface area contributed by atoms with Gasteiger partial charge in [0.2, 0.25) is 0 Å². The van der Waals surface area contributed by atoms with E-state index in [1.54, 1.807) is 0 Å². The van der Waals surface area contributed by atoms with Crippen molar-refractivity contribution in [3.05, 3.63) is 22.9 Å². The highest BCUT2D eigenvalue weighted by Gasteiger charge is 2.36. The van der Waals surface area contributed by atoms with Crippen LogP contribution in [-0.4, -0.2) is 41.5 Å². The van der Waals surface area contributed by atoms with Crippen molar-refractivity contribution in [3.8, 4) is 0 Å². The first-order valence-electron chi connectivity index (χ1n) is 5.93. The van der Waals surface area contributed by atoms with Crippen LogP contribution < -0.4 is 4.90 Å². The van der Waals surface area contributed by atoms with Gasteiger partial charge >= 0.3 is 5.97 Å². The summed E-state index contributed by atoms with van der Waals surface area (Å²) in [6.45, 7) is 0.275. The Morgan fingerprint density at radius 3 is 2.68 bits per heavy atom. The number of aromatic carboxylic acids is 1. The van der Waals surface area contributed by atoms with Gasteiger partial charge < -0.3 is 14.7 Å². The van der Waals surface area contributed by atoms with Gasteiger partial charge in [-0.1, -0.05) is 0 Å². The van der Waals surface area contributed by atoms with Gasteiger partial charge in [0.1, 0.15) is 11.4 Å². The number of aromatic nitrogens is 1. The molecule has 0 aromatic carbocycles. The lowest BCUT2D eigenvalue weighted by Gasteiger charge is -2.19. The highest BCUT2D eigenvalue weighted by molar-refractivity contribution is 5.93. The maximum atomic E-state index is 13.2. The maximum Gasteiger partial charge on any atom is 0.339 e. The van der Waals surface area contributed by atoms with E-state index in [2.05, 4.69) is 4.98 Å². The fourth-order valence-corrected chi connectivity index (χ4v) is 2.39. The number of ether oxygens (including phenoxy) is 1. The van der Waals surface area contributed by atoms with E-state index >= 15 is 0 Å². The third-order valence-electron chi connectivity index (χ3n) is 3.38. The van der Waals surface area contributed by atoms with Gasteiger partial charge in [-0.05, 0) is 6.07 Å². The molecule has 0 saturated carbocycles. The van der Waals surface area contributed by atoms with E-state index in [4.69, 9.17) is 4.74 Å². The van der Waals surface area contributed by atoms with Gasteiger partial charge in [0.05, 0.1) is 32.0 Å². The smallest absolute Gasteiger partial charge is 0.339 e. The molecular formula is C12H12F2N2O3. The molecule has 0 radical (unpaired) electrons. The molecular weight excluding hydrogens is 258 g/mol. The molecule has 1 N–H and O–H groups in total. The quantitative estimate of drug-likeness (QED) is 0.877. The van der Waals surface area contributed by atoms with Crippen LogP contribution in [0, 0.1) is 0 Å². The standard InChI is InChI=1S/C12H12F2N2O3/c13-8-2-16(3-9(8)14)11-7(12(17)18)1-6-4-19-5-10(6)15-11/h1,8-9H,2-5H2,(H,17,18)/t8-,9-/m0/s1. The third-order valence-corrected chi connectivity index (χ3v) is 3.38. The molecule has 1 aromatic rings. The number of hydrogen-bond donors (Lipinski definition) is 1. The number of fused-ring (bicyclic) bond motifs is 1. The minimum Gasteiger partial charge on any atom is -0.478 e. The fourth-order valence-electron chi connectivity index (χ4n) is 2.39. The Labute approximate surface area is 107 Å². The molecule has 2 aliphatic rings. The van der Waals surface area contributed by atoms with E-state index in [0.717, 1.165) is 0 Å². The lowest BCUT2D eigenvalue weighted by molar-refractivity contribution is 0.0697. The van der Waals surface area contributed by atoms with E-state index in [0.29, 0.717) is 24.5 Å². The zero-order valence-electron chi connectivity index (χ0n) is 9.97. The van der Waals surface area contributed by atoms with Crippen molar-refractivity contribution in [2.24, 2.45) is 0 Å². The van der Waals surface area contributed by atoms with Crippen molar-refractivity contribution in [1.82, 2.24) is 4.98 Å². The number of nitrogens with zero attached hydrogens (tertiary/aromatic N) is 2. The summed E-state index contributed by atoms with van der Waals surface area (Å²) in [6, 6.07) is 1.48. The molecule has 0 spiro atoms. The molecule has 7 heteroatoms. The summed E-state index contributed by atoms with van der Waals surface area (Å²) in [5, 5.41) is 9.19. The molecule has 2 aliphatic heterocycles. The number of carboxylic acid groups (broad SMARTS) is 1. The second kappa shape index (κ2) is 4.41. The van der Waals surface area contributed by atoms with Gasteiger partial charge in [-0.25, -0.2) is 18.6 Å². The van der Waals surface area contributed by atoms with Gasteiger partial charge in [0, 0.05) is 5.56 Å². The van der Waals surface area contributed by atoms with Crippen LogP contribution in [0.25, 0.3) is 0 Å². The number of alkyl halides is 2. The van der Waals surface area contributed by atoms with Crippen LogP contribution in [0.15, 0.2) is 6.07 Å². The second-order valence-electron chi connectivity index (χ2n) is 4.70. The fraction of sp³-hybridized carbons (Fsp3) is 0.500. The van der Waals surface area contributed by atoms with Crippen LogP contribution in [0.2, 0.25) is 0 Å². The molecule has 0 bridgehead atoms. The first-order chi connectivity index (χ1) is 9.06. The molecule has 1 saturated heterocycles. The Hall–Kier alpha value is -1.76. The van der Waals surface area contributed by atoms with Gasteiger partial charge in [-0.15, -0.1) is 0 Å². The maximum absolute atomic E-state index is 13.2. The van der Waals surface area contributed by atoms with E-state index in [1.807, 2.05) is 0 Å². The molecule has 19 heavy (non-hydrogen) atoms. The first kappa shape index (κ1) is 12.3. The Bertz CT molecular complexity index is 528. The Balaban J connectivity index is 2.02. The van der Waals surface area contributed by atoms with Crippen molar-refractivity contribution in [2.75, 3.05) is 18.0 Å². The van der Waals surface area contributed by atoms with Gasteiger partial charge in [0.25, 0.3) is 0 Å². The van der Waals surface area contributed by atoms with Crippen LogP contribution in [0.5, 0.6) is 0 Å². The van der Waals surface area contributed by atoms with E-state index < -0.39 is 18.3 Å². The summed E-state index contributed by atoms with van der Waals surface area (Å²) in [7, 11) is 0.